The number of nitrogens with zero attached hydrogens (tertiary/aromatic N) is 2. The maximum atomic E-state index is 10.8. The average Bonchev–Trinajstić information content (AvgIpc) is 2.46. The highest BCUT2D eigenvalue weighted by atomic mass is 35.5. The van der Waals surface area contributed by atoms with Crippen molar-refractivity contribution in [2.75, 3.05) is 24.8 Å². The Labute approximate surface area is 132 Å². The summed E-state index contributed by atoms with van der Waals surface area (Å²) < 4.78 is 7.28. The molecule has 1 atom stereocenters. The van der Waals surface area contributed by atoms with Crippen molar-refractivity contribution >= 4 is 36.9 Å². The first kappa shape index (κ1) is 16.7. The molecule has 116 valence electrons. The molecule has 0 bridgehead atoms. The number of non-ortho nitro benzene ring substituents is 1. The molecule has 1 aromatic rings. The molecule has 1 unspecified atom stereocenters. The van der Waals surface area contributed by atoms with Gasteiger partial charge >= 0.3 is 8.02 Å². The van der Waals surface area contributed by atoms with Crippen LogP contribution in [0.4, 0.5) is 5.69 Å². The molecule has 0 amide bonds. The number of halogens is 2. The first-order valence-electron chi connectivity index (χ1n) is 6.21. The van der Waals surface area contributed by atoms with Crippen LogP contribution in [0.3, 0.4) is 0 Å². The number of nitro benzene ring substituents is 1. The topological polar surface area (TPSA) is 87.9 Å². The third kappa shape index (κ3) is 3.74. The highest BCUT2D eigenvalue weighted by Gasteiger charge is 2.50. The van der Waals surface area contributed by atoms with Gasteiger partial charge < -0.3 is 0 Å². The summed E-state index contributed by atoms with van der Waals surface area (Å²) in [6.45, 7) is 1.16. The number of hydrogen-bond acceptors (Lipinski definition) is 6. The Morgan fingerprint density at radius 1 is 1.43 bits per heavy atom. The standard InChI is InChI=1S/C11H15Cl2N3O4P/c12-3-5-15(6-4-13)21(19)14-8-9-1-2-10(16(17)18)7-11(9)20-21/h1-2,7,14,19H,3-6,8H2/q+1. The fourth-order valence-electron chi connectivity index (χ4n) is 1.98. The summed E-state index contributed by atoms with van der Waals surface area (Å²) in [7, 11) is -3.10. The number of fused-ring (bicyclic) bond motifs is 1. The van der Waals surface area contributed by atoms with Crippen LogP contribution in [0.1, 0.15) is 5.56 Å². The van der Waals surface area contributed by atoms with Gasteiger partial charge in [-0.3, -0.25) is 14.6 Å². The van der Waals surface area contributed by atoms with E-state index in [-0.39, 0.29) is 5.69 Å². The van der Waals surface area contributed by atoms with Crippen molar-refractivity contribution in [3.05, 3.63) is 33.9 Å². The molecule has 0 saturated heterocycles. The lowest BCUT2D eigenvalue weighted by Crippen LogP contribution is -2.39. The van der Waals surface area contributed by atoms with Gasteiger partial charge in [-0.2, -0.15) is 4.89 Å². The van der Waals surface area contributed by atoms with Gasteiger partial charge in [-0.15, -0.1) is 33.0 Å². The van der Waals surface area contributed by atoms with Gasteiger partial charge in [0.1, 0.15) is 0 Å². The van der Waals surface area contributed by atoms with Gasteiger partial charge in [0, 0.05) is 23.4 Å². The van der Waals surface area contributed by atoms with E-state index in [1.165, 1.54) is 12.1 Å². The van der Waals surface area contributed by atoms with Gasteiger partial charge in [-0.05, 0) is 6.07 Å². The lowest BCUT2D eigenvalue weighted by atomic mass is 10.2. The number of nitro groups is 1. The van der Waals surface area contributed by atoms with Gasteiger partial charge in [-0.1, -0.05) is 0 Å². The Morgan fingerprint density at radius 2 is 2.10 bits per heavy atom. The molecule has 0 aromatic heterocycles. The van der Waals surface area contributed by atoms with E-state index in [1.54, 1.807) is 10.7 Å². The Morgan fingerprint density at radius 3 is 2.67 bits per heavy atom. The van der Waals surface area contributed by atoms with Crippen LogP contribution in [-0.4, -0.2) is 39.3 Å². The maximum Gasteiger partial charge on any atom is 0.475 e. The minimum Gasteiger partial charge on any atom is -0.279 e. The van der Waals surface area contributed by atoms with Crippen LogP contribution in [0.15, 0.2) is 18.2 Å². The van der Waals surface area contributed by atoms with Crippen molar-refractivity contribution in [2.24, 2.45) is 0 Å². The molecule has 1 aliphatic rings. The lowest BCUT2D eigenvalue weighted by molar-refractivity contribution is -0.384. The van der Waals surface area contributed by atoms with Crippen molar-refractivity contribution in [1.29, 1.82) is 0 Å². The van der Waals surface area contributed by atoms with Crippen LogP contribution < -0.4 is 9.61 Å². The summed E-state index contributed by atoms with van der Waals surface area (Å²) in [4.78, 5) is 21.0. The highest BCUT2D eigenvalue weighted by Crippen LogP contribution is 2.58. The zero-order valence-corrected chi connectivity index (χ0v) is 13.4. The second-order valence-corrected chi connectivity index (χ2v) is 7.26. The molecule has 10 heteroatoms. The number of hydrogen-bond donors (Lipinski definition) is 2. The Hall–Kier alpha value is -0.690. The average molecular weight is 355 g/mol. The van der Waals surface area contributed by atoms with E-state index in [0.29, 0.717) is 37.1 Å². The molecular formula is C11H15Cl2N3O4P+. The number of alkyl halides is 2. The van der Waals surface area contributed by atoms with Crippen LogP contribution in [0, 0.1) is 10.1 Å². The lowest BCUT2D eigenvalue weighted by Gasteiger charge is -2.31. The third-order valence-electron chi connectivity index (χ3n) is 3.03. The van der Waals surface area contributed by atoms with Crippen molar-refractivity contribution < 1.29 is 14.3 Å². The number of rotatable bonds is 6. The summed E-state index contributed by atoms with van der Waals surface area (Å²) in [5, 5.41) is 13.8. The molecule has 0 spiro atoms. The van der Waals surface area contributed by atoms with E-state index in [2.05, 4.69) is 5.09 Å². The van der Waals surface area contributed by atoms with Crippen LogP contribution >= 0.6 is 31.2 Å². The largest absolute Gasteiger partial charge is 0.475 e. The van der Waals surface area contributed by atoms with Crippen LogP contribution in [-0.2, 0) is 6.54 Å². The third-order valence-corrected chi connectivity index (χ3v) is 5.56. The molecule has 7 nitrogen and oxygen atoms in total. The normalized spacial score (nSPS) is 21.0. The SMILES string of the molecule is O=[N+]([O-])c1ccc2c(c1)O[P+](O)(N(CCCl)CCCl)NC2. The zero-order chi connectivity index (χ0) is 15.5. The van der Waals surface area contributed by atoms with Gasteiger partial charge in [0.05, 0.1) is 30.6 Å². The van der Waals surface area contributed by atoms with E-state index in [4.69, 9.17) is 27.7 Å². The second kappa shape index (κ2) is 7.05. The fraction of sp³-hybridized carbons (Fsp3) is 0.455. The molecule has 1 heterocycles. The minimum absolute atomic E-state index is 0.0802. The van der Waals surface area contributed by atoms with E-state index >= 15 is 0 Å². The summed E-state index contributed by atoms with van der Waals surface area (Å²) in [5.74, 6) is 0.936. The molecule has 0 radical (unpaired) electrons. The molecule has 0 aliphatic carbocycles. The quantitative estimate of drug-likeness (QED) is 0.353. The summed E-state index contributed by atoms with van der Waals surface area (Å²) >= 11 is 11.5. The monoisotopic (exact) mass is 354 g/mol. The summed E-state index contributed by atoms with van der Waals surface area (Å²) in [6.07, 6.45) is 0. The molecule has 2 rings (SSSR count). The smallest absolute Gasteiger partial charge is 0.279 e. The van der Waals surface area contributed by atoms with Crippen LogP contribution in [0.25, 0.3) is 0 Å². The summed E-state index contributed by atoms with van der Waals surface area (Å²) in [6, 6.07) is 4.33. The minimum atomic E-state index is -3.10. The first-order valence-corrected chi connectivity index (χ1v) is 8.89. The summed E-state index contributed by atoms with van der Waals surface area (Å²) in [5.41, 5.74) is 0.672. The predicted molar refractivity (Wildman–Crippen MR) is 82.7 cm³/mol. The van der Waals surface area contributed by atoms with Gasteiger partial charge in [0.15, 0.2) is 5.75 Å². The molecule has 2 N–H and O–H groups in total. The Bertz CT molecular complexity index is 530. The van der Waals surface area contributed by atoms with Gasteiger partial charge in [0.2, 0.25) is 0 Å². The van der Waals surface area contributed by atoms with Gasteiger partial charge in [-0.25, -0.2) is 0 Å². The van der Waals surface area contributed by atoms with Crippen molar-refractivity contribution in [1.82, 2.24) is 9.76 Å². The molecule has 0 saturated carbocycles. The predicted octanol–water partition coefficient (Wildman–Crippen LogP) is 2.53. The molecular weight excluding hydrogens is 340 g/mol. The molecule has 1 aromatic carbocycles. The van der Waals surface area contributed by atoms with E-state index in [9.17, 15) is 15.0 Å². The number of benzene rings is 1. The molecule has 21 heavy (non-hydrogen) atoms. The van der Waals surface area contributed by atoms with Crippen molar-refractivity contribution in [2.45, 2.75) is 6.54 Å². The maximum absolute atomic E-state index is 10.8. The Kier molecular flexibility index (Phi) is 5.60. The van der Waals surface area contributed by atoms with Gasteiger partial charge in [0.25, 0.3) is 5.69 Å². The fourth-order valence-corrected chi connectivity index (χ4v) is 4.57. The van der Waals surface area contributed by atoms with E-state index in [0.717, 1.165) is 5.56 Å². The van der Waals surface area contributed by atoms with E-state index < -0.39 is 12.9 Å². The molecule has 0 fully saturated rings. The van der Waals surface area contributed by atoms with Crippen LogP contribution in [0.5, 0.6) is 5.75 Å². The highest BCUT2D eigenvalue weighted by molar-refractivity contribution is 7.61. The number of nitrogens with one attached hydrogen (secondary N) is 1. The van der Waals surface area contributed by atoms with Crippen molar-refractivity contribution in [3.63, 3.8) is 0 Å². The van der Waals surface area contributed by atoms with Crippen molar-refractivity contribution in [3.8, 4) is 5.75 Å². The first-order chi connectivity index (χ1) is 10.00. The zero-order valence-electron chi connectivity index (χ0n) is 11.0. The van der Waals surface area contributed by atoms with Crippen LogP contribution in [0.2, 0.25) is 0 Å². The molecule has 1 aliphatic heterocycles. The van der Waals surface area contributed by atoms with E-state index in [1.807, 2.05) is 0 Å². The Balaban J connectivity index is 2.26. The second-order valence-electron chi connectivity index (χ2n) is 4.35.